The average Bonchev–Trinajstić information content (AvgIpc) is 2.90. The van der Waals surface area contributed by atoms with E-state index in [1.807, 2.05) is 36.4 Å². The second-order valence-corrected chi connectivity index (χ2v) is 6.66. The zero-order chi connectivity index (χ0) is 21.5. The summed E-state index contributed by atoms with van der Waals surface area (Å²) in [7, 11) is 2.15. The van der Waals surface area contributed by atoms with E-state index in [4.69, 9.17) is 19.9 Å². The molecule has 30 heavy (non-hydrogen) atoms. The van der Waals surface area contributed by atoms with E-state index < -0.39 is 11.9 Å². The van der Waals surface area contributed by atoms with Crippen LogP contribution in [0, 0.1) is 0 Å². The van der Waals surface area contributed by atoms with Crippen molar-refractivity contribution in [2.75, 3.05) is 33.2 Å². The minimum absolute atomic E-state index is 0.558. The molecule has 0 saturated carbocycles. The van der Waals surface area contributed by atoms with Gasteiger partial charge < -0.3 is 24.7 Å². The minimum Gasteiger partial charge on any atom is -0.478 e. The highest BCUT2D eigenvalue weighted by atomic mass is 16.5. The standard InChI is InChI=1S/C17H18N4O.C4H4O4/c1-20-9-11-21(12-10-20)16-13-5-4-8-18-17(13)22-15-7-3-2-6-14(15)19-16;5-3(6)1-2-4(7)8/h2-8H,9-12H2,1H3;1-2H,(H,5,6)(H,7,8)/b;2-1-. The van der Waals surface area contributed by atoms with Crippen molar-refractivity contribution in [2.24, 2.45) is 4.99 Å². The smallest absolute Gasteiger partial charge is 0.328 e. The molecular formula is C21H22N4O5. The number of aliphatic imine (C=N–C) groups is 1. The van der Waals surface area contributed by atoms with Crippen LogP contribution in [0.15, 0.2) is 59.7 Å². The molecule has 9 heteroatoms. The lowest BCUT2D eigenvalue weighted by atomic mass is 10.2. The van der Waals surface area contributed by atoms with Gasteiger partial charge in [0.15, 0.2) is 5.75 Å². The number of carboxylic acids is 2. The first-order valence-corrected chi connectivity index (χ1v) is 9.32. The predicted octanol–water partition coefficient (Wildman–Crippen LogP) is 2.22. The van der Waals surface area contributed by atoms with E-state index in [-0.39, 0.29) is 0 Å². The lowest BCUT2D eigenvalue weighted by Gasteiger charge is -2.34. The Kier molecular flexibility index (Phi) is 6.76. The van der Waals surface area contributed by atoms with Gasteiger partial charge in [-0.2, -0.15) is 0 Å². The van der Waals surface area contributed by atoms with Gasteiger partial charge in [0, 0.05) is 44.5 Å². The molecule has 0 spiro atoms. The molecule has 0 atom stereocenters. The number of amidine groups is 1. The van der Waals surface area contributed by atoms with Crippen LogP contribution in [0.2, 0.25) is 0 Å². The minimum atomic E-state index is -1.26. The van der Waals surface area contributed by atoms with Gasteiger partial charge in [-0.05, 0) is 31.3 Å². The highest BCUT2D eigenvalue weighted by Crippen LogP contribution is 2.36. The molecule has 1 saturated heterocycles. The van der Waals surface area contributed by atoms with E-state index in [1.165, 1.54) is 0 Å². The van der Waals surface area contributed by atoms with Crippen LogP contribution in [0.5, 0.6) is 11.6 Å². The molecule has 3 heterocycles. The summed E-state index contributed by atoms with van der Waals surface area (Å²) >= 11 is 0. The Labute approximate surface area is 173 Å². The quantitative estimate of drug-likeness (QED) is 0.724. The third-order valence-corrected chi connectivity index (χ3v) is 4.48. The van der Waals surface area contributed by atoms with Crippen LogP contribution in [-0.4, -0.2) is 76.0 Å². The van der Waals surface area contributed by atoms with Crippen LogP contribution in [0.4, 0.5) is 5.69 Å². The Morgan fingerprint density at radius 1 is 1.00 bits per heavy atom. The van der Waals surface area contributed by atoms with Crippen LogP contribution in [0.3, 0.4) is 0 Å². The maximum absolute atomic E-state index is 9.55. The maximum atomic E-state index is 9.55. The number of ether oxygens (including phenoxy) is 1. The number of fused-ring (bicyclic) bond motifs is 2. The molecule has 2 aliphatic rings. The molecule has 1 aromatic heterocycles. The van der Waals surface area contributed by atoms with Crippen LogP contribution in [-0.2, 0) is 9.59 Å². The number of piperazine rings is 1. The van der Waals surface area contributed by atoms with Crippen molar-refractivity contribution in [1.29, 1.82) is 0 Å². The lowest BCUT2D eigenvalue weighted by Crippen LogP contribution is -2.47. The molecule has 0 aliphatic carbocycles. The predicted molar refractivity (Wildman–Crippen MR) is 110 cm³/mol. The fraction of sp³-hybridized carbons (Fsp3) is 0.238. The second-order valence-electron chi connectivity index (χ2n) is 6.66. The Bertz CT molecular complexity index is 965. The number of aliphatic carboxylic acids is 2. The van der Waals surface area contributed by atoms with E-state index in [1.54, 1.807) is 6.20 Å². The number of aromatic nitrogens is 1. The Morgan fingerprint density at radius 2 is 1.67 bits per heavy atom. The number of hydrogen-bond donors (Lipinski definition) is 2. The largest absolute Gasteiger partial charge is 0.478 e. The topological polar surface area (TPSA) is 116 Å². The summed E-state index contributed by atoms with van der Waals surface area (Å²) in [4.78, 5) is 33.1. The molecule has 0 amide bonds. The third-order valence-electron chi connectivity index (χ3n) is 4.48. The van der Waals surface area contributed by atoms with Crippen molar-refractivity contribution >= 4 is 23.5 Å². The first-order chi connectivity index (χ1) is 14.4. The van der Waals surface area contributed by atoms with Crippen molar-refractivity contribution < 1.29 is 24.5 Å². The van der Waals surface area contributed by atoms with Crippen molar-refractivity contribution in [3.8, 4) is 11.6 Å². The van der Waals surface area contributed by atoms with Gasteiger partial charge in [-0.1, -0.05) is 12.1 Å². The first-order valence-electron chi connectivity index (χ1n) is 9.32. The van der Waals surface area contributed by atoms with Gasteiger partial charge in [0.25, 0.3) is 0 Å². The van der Waals surface area contributed by atoms with Crippen molar-refractivity contribution in [3.05, 3.63) is 60.3 Å². The molecule has 1 aromatic carbocycles. The second kappa shape index (κ2) is 9.66. The molecule has 156 valence electrons. The Balaban J connectivity index is 0.000000275. The van der Waals surface area contributed by atoms with E-state index >= 15 is 0 Å². The van der Waals surface area contributed by atoms with E-state index in [0.717, 1.165) is 49.0 Å². The molecule has 4 rings (SSSR count). The molecule has 0 radical (unpaired) electrons. The summed E-state index contributed by atoms with van der Waals surface area (Å²) in [5.41, 5.74) is 1.82. The van der Waals surface area contributed by atoms with E-state index in [0.29, 0.717) is 18.0 Å². The van der Waals surface area contributed by atoms with Gasteiger partial charge in [0.05, 0.1) is 5.56 Å². The number of rotatable bonds is 2. The van der Waals surface area contributed by atoms with Crippen LogP contribution < -0.4 is 4.74 Å². The number of likely N-dealkylation sites (N-methyl/N-ethyl adjacent to an activating group) is 1. The van der Waals surface area contributed by atoms with Crippen LogP contribution >= 0.6 is 0 Å². The molecule has 9 nitrogen and oxygen atoms in total. The van der Waals surface area contributed by atoms with Gasteiger partial charge in [0.2, 0.25) is 5.88 Å². The Hall–Kier alpha value is -3.72. The average molecular weight is 410 g/mol. The number of carboxylic acid groups (broad SMARTS) is 2. The molecule has 0 unspecified atom stereocenters. The molecule has 0 bridgehead atoms. The van der Waals surface area contributed by atoms with Gasteiger partial charge >= 0.3 is 11.9 Å². The normalized spacial score (nSPS) is 15.6. The monoisotopic (exact) mass is 410 g/mol. The van der Waals surface area contributed by atoms with Crippen LogP contribution in [0.25, 0.3) is 0 Å². The summed E-state index contributed by atoms with van der Waals surface area (Å²) in [6.45, 7) is 4.01. The highest BCUT2D eigenvalue weighted by molar-refractivity contribution is 6.03. The molecule has 2 N–H and O–H groups in total. The Morgan fingerprint density at radius 3 is 2.33 bits per heavy atom. The number of para-hydroxylation sites is 2. The lowest BCUT2D eigenvalue weighted by molar-refractivity contribution is -0.134. The molecule has 2 aromatic rings. The van der Waals surface area contributed by atoms with Gasteiger partial charge in [0.1, 0.15) is 11.5 Å². The molecular weight excluding hydrogens is 388 g/mol. The zero-order valence-corrected chi connectivity index (χ0v) is 16.4. The summed E-state index contributed by atoms with van der Waals surface area (Å²) in [6.07, 6.45) is 2.87. The number of benzene rings is 1. The van der Waals surface area contributed by atoms with Gasteiger partial charge in [-0.25, -0.2) is 19.6 Å². The summed E-state index contributed by atoms with van der Waals surface area (Å²) < 4.78 is 5.98. The van der Waals surface area contributed by atoms with Gasteiger partial charge in [-0.3, -0.25) is 0 Å². The number of nitrogens with zero attached hydrogens (tertiary/aromatic N) is 4. The van der Waals surface area contributed by atoms with Crippen molar-refractivity contribution in [2.45, 2.75) is 0 Å². The molecule has 2 aliphatic heterocycles. The summed E-state index contributed by atoms with van der Waals surface area (Å²) in [5.74, 6) is -0.169. The summed E-state index contributed by atoms with van der Waals surface area (Å²) in [6, 6.07) is 11.8. The number of carbonyl (C=O) groups is 2. The highest BCUT2D eigenvalue weighted by Gasteiger charge is 2.25. The van der Waals surface area contributed by atoms with Crippen LogP contribution in [0.1, 0.15) is 5.56 Å². The third kappa shape index (κ3) is 5.42. The fourth-order valence-corrected chi connectivity index (χ4v) is 2.96. The fourth-order valence-electron chi connectivity index (χ4n) is 2.96. The summed E-state index contributed by atoms with van der Waals surface area (Å²) in [5, 5.41) is 15.6. The van der Waals surface area contributed by atoms with Crippen molar-refractivity contribution in [1.82, 2.24) is 14.8 Å². The SMILES string of the molecule is CN1CCN(C2=Nc3ccccc3Oc3ncccc32)CC1.O=C(O)/C=C\C(=O)O. The maximum Gasteiger partial charge on any atom is 0.328 e. The van der Waals surface area contributed by atoms with E-state index in [2.05, 4.69) is 21.8 Å². The van der Waals surface area contributed by atoms with Gasteiger partial charge in [-0.15, -0.1) is 0 Å². The zero-order valence-electron chi connectivity index (χ0n) is 16.4. The van der Waals surface area contributed by atoms with Crippen molar-refractivity contribution in [3.63, 3.8) is 0 Å². The first kappa shape index (κ1) is 21.0. The van der Waals surface area contributed by atoms with E-state index in [9.17, 15) is 9.59 Å². The molecule has 1 fully saturated rings. The number of hydrogen-bond acceptors (Lipinski definition) is 7. The number of pyridine rings is 1.